The fraction of sp³-hybridized carbons (Fsp3) is 0.333. The van der Waals surface area contributed by atoms with E-state index in [-0.39, 0.29) is 11.9 Å². The molecule has 0 fully saturated rings. The van der Waals surface area contributed by atoms with E-state index in [4.69, 9.17) is 5.73 Å². The first-order valence-electron chi connectivity index (χ1n) is 4.27. The van der Waals surface area contributed by atoms with Crippen LogP contribution in [-0.4, -0.2) is 16.5 Å². The van der Waals surface area contributed by atoms with Crippen LogP contribution < -0.4 is 11.1 Å². The van der Waals surface area contributed by atoms with Gasteiger partial charge in [-0.3, -0.25) is 10.1 Å². The Morgan fingerprint density at radius 2 is 1.93 bits per heavy atom. The van der Waals surface area contributed by atoms with Gasteiger partial charge in [-0.2, -0.15) is 0 Å². The van der Waals surface area contributed by atoms with Gasteiger partial charge < -0.3 is 5.73 Å². The second-order valence-electron chi connectivity index (χ2n) is 3.09. The van der Waals surface area contributed by atoms with Gasteiger partial charge in [0.25, 0.3) is 0 Å². The summed E-state index contributed by atoms with van der Waals surface area (Å²) in [5.41, 5.74) is 7.44. The van der Waals surface area contributed by atoms with E-state index in [1.54, 1.807) is 4.68 Å². The molecule has 0 spiro atoms. The Balaban J connectivity index is 2.91. The van der Waals surface area contributed by atoms with Crippen LogP contribution in [0, 0.1) is 13.8 Å². The fourth-order valence-corrected chi connectivity index (χ4v) is 1.13. The summed E-state index contributed by atoms with van der Waals surface area (Å²) in [6.45, 7) is 5.22. The summed E-state index contributed by atoms with van der Waals surface area (Å²) in [6, 6.07) is 3.86. The highest BCUT2D eigenvalue weighted by molar-refractivity contribution is 5.94. The predicted octanol–water partition coefficient (Wildman–Crippen LogP) is 0.319. The van der Waals surface area contributed by atoms with E-state index in [2.05, 4.69) is 10.4 Å². The molecule has 0 aromatic carbocycles. The van der Waals surface area contributed by atoms with E-state index in [0.717, 1.165) is 11.4 Å². The molecule has 0 atom stereocenters. The standard InChI is InChI=1S/C9H14N4O/c1-6-4-5-7(2)13(6)12-9(10)11-8(3)14/h4-5H,1-3H3,(H3,10,11,12,14). The quantitative estimate of drug-likeness (QED) is 0.499. The lowest BCUT2D eigenvalue weighted by atomic mass is 10.5. The van der Waals surface area contributed by atoms with E-state index < -0.39 is 0 Å². The number of carbonyl (C=O) groups is 1. The maximum Gasteiger partial charge on any atom is 0.223 e. The second kappa shape index (κ2) is 3.95. The van der Waals surface area contributed by atoms with E-state index in [1.165, 1.54) is 6.92 Å². The third-order valence-electron chi connectivity index (χ3n) is 1.75. The van der Waals surface area contributed by atoms with Gasteiger partial charge in [0.1, 0.15) is 0 Å². The van der Waals surface area contributed by atoms with E-state index in [1.807, 2.05) is 26.0 Å². The number of hydrogen-bond acceptors (Lipinski definition) is 2. The van der Waals surface area contributed by atoms with Crippen molar-refractivity contribution < 1.29 is 4.79 Å². The maximum atomic E-state index is 10.7. The highest BCUT2D eigenvalue weighted by atomic mass is 16.1. The molecule has 0 saturated carbocycles. The number of nitrogens with zero attached hydrogens (tertiary/aromatic N) is 2. The van der Waals surface area contributed by atoms with Gasteiger partial charge in [-0.05, 0) is 26.0 Å². The Hall–Kier alpha value is -1.78. The van der Waals surface area contributed by atoms with E-state index >= 15 is 0 Å². The zero-order chi connectivity index (χ0) is 10.7. The van der Waals surface area contributed by atoms with Crippen molar-refractivity contribution in [2.75, 3.05) is 0 Å². The summed E-state index contributed by atoms with van der Waals surface area (Å²) < 4.78 is 1.67. The van der Waals surface area contributed by atoms with Crippen LogP contribution >= 0.6 is 0 Å². The third-order valence-corrected chi connectivity index (χ3v) is 1.75. The summed E-state index contributed by atoms with van der Waals surface area (Å²) >= 11 is 0. The molecule has 1 amide bonds. The Morgan fingerprint density at radius 3 is 2.36 bits per heavy atom. The van der Waals surface area contributed by atoms with Crippen LogP contribution in [0.15, 0.2) is 17.2 Å². The van der Waals surface area contributed by atoms with Crippen LogP contribution in [0.5, 0.6) is 0 Å². The molecule has 0 saturated heterocycles. The topological polar surface area (TPSA) is 72.4 Å². The third kappa shape index (κ3) is 2.35. The summed E-state index contributed by atoms with van der Waals surface area (Å²) in [4.78, 5) is 10.7. The molecule has 0 radical (unpaired) electrons. The monoisotopic (exact) mass is 194 g/mol. The number of guanidine groups is 1. The molecule has 0 aliphatic carbocycles. The molecule has 5 heteroatoms. The first kappa shape index (κ1) is 10.3. The molecular formula is C9H14N4O. The Morgan fingerprint density at radius 1 is 1.43 bits per heavy atom. The molecule has 1 rings (SSSR count). The summed E-state index contributed by atoms with van der Waals surface area (Å²) in [6.07, 6.45) is 0. The predicted molar refractivity (Wildman–Crippen MR) is 54.7 cm³/mol. The highest BCUT2D eigenvalue weighted by Crippen LogP contribution is 2.05. The van der Waals surface area contributed by atoms with Gasteiger partial charge in [0.15, 0.2) is 0 Å². The average molecular weight is 194 g/mol. The number of amides is 1. The van der Waals surface area contributed by atoms with Gasteiger partial charge in [-0.25, -0.2) is 4.68 Å². The molecule has 0 aliphatic heterocycles. The number of aryl methyl sites for hydroxylation is 2. The lowest BCUT2D eigenvalue weighted by molar-refractivity contribution is -0.117. The minimum atomic E-state index is -0.228. The van der Waals surface area contributed by atoms with Crippen molar-refractivity contribution in [2.45, 2.75) is 20.8 Å². The summed E-state index contributed by atoms with van der Waals surface area (Å²) in [5, 5.41) is 6.44. The van der Waals surface area contributed by atoms with Gasteiger partial charge in [0.05, 0.1) is 0 Å². The van der Waals surface area contributed by atoms with E-state index in [9.17, 15) is 4.79 Å². The largest absolute Gasteiger partial charge is 0.368 e. The first-order valence-corrected chi connectivity index (χ1v) is 4.27. The number of carbonyl (C=O) groups excluding carboxylic acids is 1. The molecule has 76 valence electrons. The first-order chi connectivity index (χ1) is 6.50. The lowest BCUT2D eigenvalue weighted by Gasteiger charge is -2.04. The second-order valence-corrected chi connectivity index (χ2v) is 3.09. The molecule has 14 heavy (non-hydrogen) atoms. The number of nitrogens with one attached hydrogen (secondary N) is 1. The van der Waals surface area contributed by atoms with Crippen molar-refractivity contribution in [3.8, 4) is 0 Å². The average Bonchev–Trinajstić information content (AvgIpc) is 2.34. The molecular weight excluding hydrogens is 180 g/mol. The Kier molecular flexibility index (Phi) is 2.91. The lowest BCUT2D eigenvalue weighted by Crippen LogP contribution is -2.35. The molecule has 0 unspecified atom stereocenters. The summed E-state index contributed by atoms with van der Waals surface area (Å²) in [7, 11) is 0. The van der Waals surface area contributed by atoms with Crippen molar-refractivity contribution in [1.82, 2.24) is 9.99 Å². The van der Waals surface area contributed by atoms with Crippen LogP contribution in [0.4, 0.5) is 0 Å². The van der Waals surface area contributed by atoms with Gasteiger partial charge in [-0.15, -0.1) is 5.10 Å². The SMILES string of the molecule is CC(=O)N/C(N)=N/n1c(C)ccc1C. The van der Waals surface area contributed by atoms with Crippen molar-refractivity contribution in [3.05, 3.63) is 23.5 Å². The Bertz CT molecular complexity index is 359. The van der Waals surface area contributed by atoms with E-state index in [0.29, 0.717) is 0 Å². The number of rotatable bonds is 1. The molecule has 5 nitrogen and oxygen atoms in total. The van der Waals surface area contributed by atoms with Crippen LogP contribution in [-0.2, 0) is 4.79 Å². The molecule has 0 bridgehead atoms. The smallest absolute Gasteiger partial charge is 0.223 e. The molecule has 0 aliphatic rings. The van der Waals surface area contributed by atoms with Crippen molar-refractivity contribution in [2.24, 2.45) is 10.8 Å². The minimum absolute atomic E-state index is 0.0971. The van der Waals surface area contributed by atoms with Crippen molar-refractivity contribution >= 4 is 11.9 Å². The zero-order valence-corrected chi connectivity index (χ0v) is 8.53. The van der Waals surface area contributed by atoms with Crippen molar-refractivity contribution in [1.29, 1.82) is 0 Å². The normalized spacial score (nSPS) is 11.5. The van der Waals surface area contributed by atoms with Gasteiger partial charge in [-0.1, -0.05) is 0 Å². The fourth-order valence-electron chi connectivity index (χ4n) is 1.13. The minimum Gasteiger partial charge on any atom is -0.368 e. The highest BCUT2D eigenvalue weighted by Gasteiger charge is 2.00. The molecule has 3 N–H and O–H groups in total. The summed E-state index contributed by atoms with van der Waals surface area (Å²) in [5.74, 6) is -0.131. The van der Waals surface area contributed by atoms with Crippen LogP contribution in [0.3, 0.4) is 0 Å². The molecule has 1 heterocycles. The maximum absolute atomic E-state index is 10.7. The number of nitrogens with two attached hydrogens (primary N) is 1. The molecule has 1 aromatic heterocycles. The van der Waals surface area contributed by atoms with Crippen LogP contribution in [0.2, 0.25) is 0 Å². The van der Waals surface area contributed by atoms with Gasteiger partial charge in [0.2, 0.25) is 11.9 Å². The number of hydrogen-bond donors (Lipinski definition) is 2. The zero-order valence-electron chi connectivity index (χ0n) is 8.53. The Labute approximate surface area is 82.6 Å². The van der Waals surface area contributed by atoms with Gasteiger partial charge in [0, 0.05) is 18.3 Å². The van der Waals surface area contributed by atoms with Crippen molar-refractivity contribution in [3.63, 3.8) is 0 Å². The van der Waals surface area contributed by atoms with Crippen LogP contribution in [0.1, 0.15) is 18.3 Å². The number of aromatic nitrogens is 1. The van der Waals surface area contributed by atoms with Gasteiger partial charge >= 0.3 is 0 Å². The van der Waals surface area contributed by atoms with Crippen LogP contribution in [0.25, 0.3) is 0 Å². The molecule has 1 aromatic rings.